The number of aliphatic hydroxyl groups is 1. The summed E-state index contributed by atoms with van der Waals surface area (Å²) in [5, 5.41) is 11.3. The average Bonchev–Trinajstić information content (AvgIpc) is 2.20. The van der Waals surface area contributed by atoms with Crippen LogP contribution in [0.15, 0.2) is 30.3 Å². The molecule has 76 valence electrons. The summed E-state index contributed by atoms with van der Waals surface area (Å²) in [4.78, 5) is 11.3. The predicted molar refractivity (Wildman–Crippen MR) is 54.9 cm³/mol. The van der Waals surface area contributed by atoms with Crippen LogP contribution in [-0.4, -0.2) is 24.2 Å². The molecule has 0 aliphatic heterocycles. The van der Waals surface area contributed by atoms with Crippen LogP contribution in [0, 0.1) is 0 Å². The maximum atomic E-state index is 11.3. The Morgan fingerprint density at radius 2 is 2.00 bits per heavy atom. The van der Waals surface area contributed by atoms with E-state index in [1.807, 2.05) is 30.3 Å². The molecule has 0 aliphatic carbocycles. The standard InChI is InChI=1S/C11H15NO2/c13-8-4-7-12-11(14)9-10-5-2-1-3-6-10/h1-3,5-6,13H,4,7-9H2,(H,12,14). The number of benzene rings is 1. The van der Waals surface area contributed by atoms with Crippen LogP contribution in [0.4, 0.5) is 0 Å². The third kappa shape index (κ3) is 4.05. The Morgan fingerprint density at radius 1 is 1.29 bits per heavy atom. The zero-order valence-electron chi connectivity index (χ0n) is 8.07. The Hall–Kier alpha value is -1.35. The van der Waals surface area contributed by atoms with Gasteiger partial charge in [-0.15, -0.1) is 0 Å². The average molecular weight is 193 g/mol. The topological polar surface area (TPSA) is 49.3 Å². The first kappa shape index (κ1) is 10.7. The first-order valence-corrected chi connectivity index (χ1v) is 4.74. The Bertz CT molecular complexity index is 272. The van der Waals surface area contributed by atoms with E-state index < -0.39 is 0 Å². The van der Waals surface area contributed by atoms with Gasteiger partial charge in [-0.05, 0) is 12.0 Å². The van der Waals surface area contributed by atoms with E-state index in [0.29, 0.717) is 19.4 Å². The monoisotopic (exact) mass is 193 g/mol. The van der Waals surface area contributed by atoms with Crippen LogP contribution >= 0.6 is 0 Å². The second-order valence-electron chi connectivity index (χ2n) is 3.09. The van der Waals surface area contributed by atoms with Gasteiger partial charge in [-0.25, -0.2) is 0 Å². The van der Waals surface area contributed by atoms with E-state index in [1.54, 1.807) is 0 Å². The predicted octanol–water partition coefficient (Wildman–Crippen LogP) is 0.728. The minimum atomic E-state index is 0.00431. The number of carbonyl (C=O) groups is 1. The van der Waals surface area contributed by atoms with Gasteiger partial charge in [-0.3, -0.25) is 4.79 Å². The second kappa shape index (κ2) is 6.16. The van der Waals surface area contributed by atoms with Crippen molar-refractivity contribution in [1.82, 2.24) is 5.32 Å². The molecule has 0 radical (unpaired) electrons. The third-order valence-electron chi connectivity index (χ3n) is 1.86. The van der Waals surface area contributed by atoms with Gasteiger partial charge in [0.1, 0.15) is 0 Å². The first-order chi connectivity index (χ1) is 6.83. The summed E-state index contributed by atoms with van der Waals surface area (Å²) in [6.45, 7) is 0.660. The van der Waals surface area contributed by atoms with Crippen molar-refractivity contribution in [1.29, 1.82) is 0 Å². The van der Waals surface area contributed by atoms with E-state index in [1.165, 1.54) is 0 Å². The minimum Gasteiger partial charge on any atom is -0.396 e. The van der Waals surface area contributed by atoms with Gasteiger partial charge in [0.25, 0.3) is 0 Å². The van der Waals surface area contributed by atoms with Gasteiger partial charge in [0.05, 0.1) is 6.42 Å². The van der Waals surface area contributed by atoms with E-state index in [9.17, 15) is 4.79 Å². The van der Waals surface area contributed by atoms with Crippen molar-refractivity contribution in [3.63, 3.8) is 0 Å². The molecule has 0 aromatic heterocycles. The number of hydrogen-bond acceptors (Lipinski definition) is 2. The molecule has 0 bridgehead atoms. The molecule has 0 unspecified atom stereocenters. The summed E-state index contributed by atoms with van der Waals surface area (Å²) in [6.07, 6.45) is 1.02. The molecule has 1 amide bonds. The van der Waals surface area contributed by atoms with Crippen LogP contribution in [0.25, 0.3) is 0 Å². The second-order valence-corrected chi connectivity index (χ2v) is 3.09. The maximum absolute atomic E-state index is 11.3. The number of hydrogen-bond donors (Lipinski definition) is 2. The molecule has 2 N–H and O–H groups in total. The van der Waals surface area contributed by atoms with Crippen molar-refractivity contribution in [3.8, 4) is 0 Å². The lowest BCUT2D eigenvalue weighted by Crippen LogP contribution is -2.26. The molecule has 0 fully saturated rings. The molecule has 1 aromatic rings. The summed E-state index contributed by atoms with van der Waals surface area (Å²) in [5.41, 5.74) is 1.01. The smallest absolute Gasteiger partial charge is 0.224 e. The summed E-state index contributed by atoms with van der Waals surface area (Å²) in [5.74, 6) is 0.00431. The van der Waals surface area contributed by atoms with Crippen molar-refractivity contribution < 1.29 is 9.90 Å². The van der Waals surface area contributed by atoms with Gasteiger partial charge in [0.15, 0.2) is 0 Å². The van der Waals surface area contributed by atoms with Gasteiger partial charge in [0, 0.05) is 13.2 Å². The van der Waals surface area contributed by atoms with Crippen LogP contribution in [-0.2, 0) is 11.2 Å². The van der Waals surface area contributed by atoms with Gasteiger partial charge in [-0.1, -0.05) is 30.3 Å². The molecule has 3 nitrogen and oxygen atoms in total. The fourth-order valence-corrected chi connectivity index (χ4v) is 1.15. The fraction of sp³-hybridized carbons (Fsp3) is 0.364. The Kier molecular flexibility index (Phi) is 4.72. The number of nitrogens with one attached hydrogen (secondary N) is 1. The molecule has 1 rings (SSSR count). The normalized spacial score (nSPS) is 9.79. The van der Waals surface area contributed by atoms with Crippen molar-refractivity contribution >= 4 is 5.91 Å². The van der Waals surface area contributed by atoms with Gasteiger partial charge in [-0.2, -0.15) is 0 Å². The Labute approximate surface area is 83.8 Å². The molecule has 14 heavy (non-hydrogen) atoms. The number of rotatable bonds is 5. The summed E-state index contributed by atoms with van der Waals surface area (Å²) >= 11 is 0. The van der Waals surface area contributed by atoms with Gasteiger partial charge >= 0.3 is 0 Å². The van der Waals surface area contributed by atoms with Gasteiger partial charge < -0.3 is 10.4 Å². The van der Waals surface area contributed by atoms with E-state index in [2.05, 4.69) is 5.32 Å². The van der Waals surface area contributed by atoms with Crippen molar-refractivity contribution in [2.75, 3.05) is 13.2 Å². The summed E-state index contributed by atoms with van der Waals surface area (Å²) < 4.78 is 0. The highest BCUT2D eigenvalue weighted by atomic mass is 16.3. The minimum absolute atomic E-state index is 0.00431. The van der Waals surface area contributed by atoms with Crippen LogP contribution < -0.4 is 5.32 Å². The van der Waals surface area contributed by atoms with E-state index in [-0.39, 0.29) is 12.5 Å². The zero-order chi connectivity index (χ0) is 10.2. The van der Waals surface area contributed by atoms with E-state index in [4.69, 9.17) is 5.11 Å². The molecular formula is C11H15NO2. The molecule has 1 aromatic carbocycles. The number of amides is 1. The van der Waals surface area contributed by atoms with E-state index >= 15 is 0 Å². The summed E-state index contributed by atoms with van der Waals surface area (Å²) in [6, 6.07) is 9.59. The molecule has 3 heteroatoms. The SMILES string of the molecule is O=C(Cc1ccccc1)NCCCO. The Morgan fingerprint density at radius 3 is 2.64 bits per heavy atom. The fourth-order valence-electron chi connectivity index (χ4n) is 1.15. The van der Waals surface area contributed by atoms with Crippen LogP contribution in [0.1, 0.15) is 12.0 Å². The largest absolute Gasteiger partial charge is 0.396 e. The summed E-state index contributed by atoms with van der Waals surface area (Å²) in [7, 11) is 0. The zero-order valence-corrected chi connectivity index (χ0v) is 8.07. The quantitative estimate of drug-likeness (QED) is 0.677. The first-order valence-electron chi connectivity index (χ1n) is 4.74. The highest BCUT2D eigenvalue weighted by Gasteiger charge is 2.00. The molecule has 0 saturated carbocycles. The number of aliphatic hydroxyl groups excluding tert-OH is 1. The van der Waals surface area contributed by atoms with Crippen molar-refractivity contribution in [2.45, 2.75) is 12.8 Å². The lowest BCUT2D eigenvalue weighted by Gasteiger charge is -2.03. The molecule has 0 atom stereocenters. The molecule has 0 saturated heterocycles. The lowest BCUT2D eigenvalue weighted by atomic mass is 10.1. The molecular weight excluding hydrogens is 178 g/mol. The van der Waals surface area contributed by atoms with Crippen molar-refractivity contribution in [2.24, 2.45) is 0 Å². The van der Waals surface area contributed by atoms with E-state index in [0.717, 1.165) is 5.56 Å². The van der Waals surface area contributed by atoms with Gasteiger partial charge in [0.2, 0.25) is 5.91 Å². The molecule has 0 heterocycles. The lowest BCUT2D eigenvalue weighted by molar-refractivity contribution is -0.120. The third-order valence-corrected chi connectivity index (χ3v) is 1.86. The molecule has 0 aliphatic rings. The Balaban J connectivity index is 2.27. The number of carbonyl (C=O) groups excluding carboxylic acids is 1. The maximum Gasteiger partial charge on any atom is 0.224 e. The van der Waals surface area contributed by atoms with Crippen LogP contribution in [0.2, 0.25) is 0 Å². The molecule has 0 spiro atoms. The van der Waals surface area contributed by atoms with Crippen LogP contribution in [0.5, 0.6) is 0 Å². The van der Waals surface area contributed by atoms with Crippen LogP contribution in [0.3, 0.4) is 0 Å². The van der Waals surface area contributed by atoms with Crippen molar-refractivity contribution in [3.05, 3.63) is 35.9 Å². The highest BCUT2D eigenvalue weighted by Crippen LogP contribution is 1.98. The highest BCUT2D eigenvalue weighted by molar-refractivity contribution is 5.78.